The molecule has 1 heterocycles. The second kappa shape index (κ2) is 9.62. The highest BCUT2D eigenvalue weighted by Crippen LogP contribution is 2.24. The van der Waals surface area contributed by atoms with Crippen LogP contribution in [0.1, 0.15) is 44.1 Å². The van der Waals surface area contributed by atoms with Gasteiger partial charge in [0.25, 0.3) is 5.69 Å². The Hall–Kier alpha value is -2.25. The summed E-state index contributed by atoms with van der Waals surface area (Å²) >= 11 is 0. The van der Waals surface area contributed by atoms with Gasteiger partial charge in [0.1, 0.15) is 0 Å². The normalized spacial score (nSPS) is 15.1. The summed E-state index contributed by atoms with van der Waals surface area (Å²) in [6, 6.07) is 6.54. The lowest BCUT2D eigenvalue weighted by molar-refractivity contribution is -0.384. The smallest absolute Gasteiger partial charge is 0.269 e. The van der Waals surface area contributed by atoms with E-state index in [-0.39, 0.29) is 10.6 Å². The van der Waals surface area contributed by atoms with Crippen LogP contribution in [-0.2, 0) is 18.3 Å². The SMILES string of the molecule is Cn1cc(CNCCCOC2CCCCC2)c(-c2ccc([N+](=O)[O-])cc2)n1. The molecule has 0 radical (unpaired) electrons. The van der Waals surface area contributed by atoms with E-state index < -0.39 is 0 Å². The summed E-state index contributed by atoms with van der Waals surface area (Å²) in [6.45, 7) is 2.41. The lowest BCUT2D eigenvalue weighted by Gasteiger charge is -2.21. The van der Waals surface area contributed by atoms with Gasteiger partial charge >= 0.3 is 0 Å². The van der Waals surface area contributed by atoms with Gasteiger partial charge in [-0.1, -0.05) is 19.3 Å². The van der Waals surface area contributed by atoms with Gasteiger partial charge < -0.3 is 10.1 Å². The van der Waals surface area contributed by atoms with E-state index in [0.717, 1.165) is 36.4 Å². The largest absolute Gasteiger partial charge is 0.378 e. The van der Waals surface area contributed by atoms with Gasteiger partial charge in [0.2, 0.25) is 0 Å². The third-order valence-corrected chi connectivity index (χ3v) is 4.98. The first-order valence-electron chi connectivity index (χ1n) is 9.73. The molecule has 1 aromatic heterocycles. The number of non-ortho nitro benzene ring substituents is 1. The standard InChI is InChI=1S/C20H28N4O3/c1-23-15-17(14-21-12-5-13-27-19-6-3-2-4-7-19)20(22-23)16-8-10-18(11-9-16)24(25)26/h8-11,15,19,21H,2-7,12-14H2,1H3. The number of nitrogens with one attached hydrogen (secondary N) is 1. The summed E-state index contributed by atoms with van der Waals surface area (Å²) < 4.78 is 7.73. The van der Waals surface area contributed by atoms with Crippen molar-refractivity contribution in [2.75, 3.05) is 13.2 Å². The number of ether oxygens (including phenoxy) is 1. The Morgan fingerprint density at radius 3 is 2.70 bits per heavy atom. The molecular weight excluding hydrogens is 344 g/mol. The molecule has 1 aliphatic carbocycles. The quantitative estimate of drug-likeness (QED) is 0.411. The predicted molar refractivity (Wildman–Crippen MR) is 104 cm³/mol. The van der Waals surface area contributed by atoms with Crippen molar-refractivity contribution in [2.24, 2.45) is 7.05 Å². The van der Waals surface area contributed by atoms with Crippen molar-refractivity contribution in [1.82, 2.24) is 15.1 Å². The van der Waals surface area contributed by atoms with E-state index in [2.05, 4.69) is 10.4 Å². The maximum absolute atomic E-state index is 10.8. The zero-order chi connectivity index (χ0) is 19.1. The molecule has 1 N–H and O–H groups in total. The summed E-state index contributed by atoms with van der Waals surface area (Å²) in [5.74, 6) is 0. The molecular formula is C20H28N4O3. The maximum Gasteiger partial charge on any atom is 0.269 e. The summed E-state index contributed by atoms with van der Waals surface area (Å²) in [4.78, 5) is 10.4. The lowest BCUT2D eigenvalue weighted by atomic mass is 9.98. The average Bonchev–Trinajstić information content (AvgIpc) is 3.06. The average molecular weight is 372 g/mol. The lowest BCUT2D eigenvalue weighted by Crippen LogP contribution is -2.20. The molecule has 2 aromatic rings. The third-order valence-electron chi connectivity index (χ3n) is 4.98. The predicted octanol–water partition coefficient (Wildman–Crippen LogP) is 3.82. The van der Waals surface area contributed by atoms with Crippen molar-refractivity contribution >= 4 is 5.69 Å². The highest BCUT2D eigenvalue weighted by atomic mass is 16.6. The highest BCUT2D eigenvalue weighted by molar-refractivity contribution is 5.64. The Bertz CT molecular complexity index is 736. The fraction of sp³-hybridized carbons (Fsp3) is 0.550. The van der Waals surface area contributed by atoms with Crippen molar-refractivity contribution in [3.05, 3.63) is 46.1 Å². The van der Waals surface area contributed by atoms with Crippen LogP contribution < -0.4 is 5.32 Å². The molecule has 7 heteroatoms. The second-order valence-electron chi connectivity index (χ2n) is 7.14. The minimum absolute atomic E-state index is 0.0901. The first kappa shape index (κ1) is 19.5. The van der Waals surface area contributed by atoms with E-state index >= 15 is 0 Å². The molecule has 1 saturated carbocycles. The molecule has 27 heavy (non-hydrogen) atoms. The molecule has 0 amide bonds. The maximum atomic E-state index is 10.8. The van der Waals surface area contributed by atoms with E-state index in [9.17, 15) is 10.1 Å². The van der Waals surface area contributed by atoms with Gasteiger partial charge in [0.05, 0.1) is 16.7 Å². The number of nitrogens with zero attached hydrogens (tertiary/aromatic N) is 3. The van der Waals surface area contributed by atoms with Crippen LogP contribution in [0.4, 0.5) is 5.69 Å². The van der Waals surface area contributed by atoms with Crippen molar-refractivity contribution in [2.45, 2.75) is 51.2 Å². The molecule has 0 spiro atoms. The van der Waals surface area contributed by atoms with Crippen molar-refractivity contribution in [1.29, 1.82) is 0 Å². The molecule has 1 aliphatic rings. The van der Waals surface area contributed by atoms with Gasteiger partial charge in [-0.25, -0.2) is 0 Å². The minimum Gasteiger partial charge on any atom is -0.378 e. The Morgan fingerprint density at radius 1 is 1.26 bits per heavy atom. The number of nitro benzene ring substituents is 1. The van der Waals surface area contributed by atoms with Crippen LogP contribution in [0.5, 0.6) is 0 Å². The first-order valence-corrected chi connectivity index (χ1v) is 9.73. The Morgan fingerprint density at radius 2 is 2.00 bits per heavy atom. The number of hydrogen-bond acceptors (Lipinski definition) is 5. The number of benzene rings is 1. The van der Waals surface area contributed by atoms with Gasteiger partial charge in [0.15, 0.2) is 0 Å². The Kier molecular flexibility index (Phi) is 6.95. The molecule has 0 bridgehead atoms. The van der Waals surface area contributed by atoms with Gasteiger partial charge in [-0.2, -0.15) is 5.10 Å². The van der Waals surface area contributed by atoms with Gasteiger partial charge in [-0.15, -0.1) is 0 Å². The Balaban J connectivity index is 1.47. The van der Waals surface area contributed by atoms with Crippen LogP contribution in [0.2, 0.25) is 0 Å². The zero-order valence-corrected chi connectivity index (χ0v) is 15.9. The summed E-state index contributed by atoms with van der Waals surface area (Å²) in [5.41, 5.74) is 2.92. The summed E-state index contributed by atoms with van der Waals surface area (Å²) in [7, 11) is 1.89. The van der Waals surface area contributed by atoms with Crippen molar-refractivity contribution < 1.29 is 9.66 Å². The van der Waals surface area contributed by atoms with Gasteiger partial charge in [-0.05, 0) is 37.9 Å². The minimum atomic E-state index is -0.389. The fourth-order valence-corrected chi connectivity index (χ4v) is 3.55. The van der Waals surface area contributed by atoms with E-state index in [4.69, 9.17) is 4.74 Å². The van der Waals surface area contributed by atoms with Gasteiger partial charge in [-0.3, -0.25) is 14.8 Å². The monoisotopic (exact) mass is 372 g/mol. The summed E-state index contributed by atoms with van der Waals surface area (Å²) in [6.07, 6.45) is 9.81. The van der Waals surface area contributed by atoms with Crippen LogP contribution in [-0.4, -0.2) is 34.0 Å². The number of aryl methyl sites for hydroxylation is 1. The molecule has 0 aliphatic heterocycles. The summed E-state index contributed by atoms with van der Waals surface area (Å²) in [5, 5.41) is 18.8. The third kappa shape index (κ3) is 5.61. The van der Waals surface area contributed by atoms with Crippen LogP contribution in [0.3, 0.4) is 0 Å². The molecule has 0 saturated heterocycles. The van der Waals surface area contributed by atoms with Crippen LogP contribution in [0.25, 0.3) is 11.3 Å². The van der Waals surface area contributed by atoms with Crippen LogP contribution in [0.15, 0.2) is 30.5 Å². The molecule has 0 atom stereocenters. The van der Waals surface area contributed by atoms with E-state index in [1.807, 2.05) is 13.2 Å². The highest BCUT2D eigenvalue weighted by Gasteiger charge is 2.14. The topological polar surface area (TPSA) is 82.2 Å². The number of rotatable bonds is 9. The molecule has 146 valence electrons. The number of nitro groups is 1. The molecule has 1 fully saturated rings. The van der Waals surface area contributed by atoms with E-state index in [1.54, 1.807) is 16.8 Å². The number of aromatic nitrogens is 2. The fourth-order valence-electron chi connectivity index (χ4n) is 3.55. The van der Waals surface area contributed by atoms with Gasteiger partial charge in [0, 0.05) is 49.7 Å². The van der Waals surface area contributed by atoms with Crippen LogP contribution in [0, 0.1) is 10.1 Å². The first-order chi connectivity index (χ1) is 13.1. The number of hydrogen-bond donors (Lipinski definition) is 1. The van der Waals surface area contributed by atoms with E-state index in [0.29, 0.717) is 12.6 Å². The molecule has 1 aromatic carbocycles. The molecule has 7 nitrogen and oxygen atoms in total. The van der Waals surface area contributed by atoms with Crippen molar-refractivity contribution in [3.63, 3.8) is 0 Å². The Labute approximate surface area is 159 Å². The molecule has 3 rings (SSSR count). The second-order valence-corrected chi connectivity index (χ2v) is 7.14. The van der Waals surface area contributed by atoms with Crippen molar-refractivity contribution in [3.8, 4) is 11.3 Å². The zero-order valence-electron chi connectivity index (χ0n) is 15.9. The van der Waals surface area contributed by atoms with E-state index in [1.165, 1.54) is 44.2 Å². The molecule has 0 unspecified atom stereocenters. The van der Waals surface area contributed by atoms with Crippen LogP contribution >= 0.6 is 0 Å².